The molecule has 0 radical (unpaired) electrons. The Morgan fingerprint density at radius 2 is 0.516 bits per heavy atom. The average Bonchev–Trinajstić information content (AvgIpc) is 0.858. The first-order chi connectivity index (χ1) is 42.9. The van der Waals surface area contributed by atoms with Crippen molar-refractivity contribution in [2.24, 2.45) is 0 Å². The molecule has 0 heterocycles. The summed E-state index contributed by atoms with van der Waals surface area (Å²) in [5.74, 6) is -0.263. The number of hydrogen-bond donors (Lipinski definition) is 1. The van der Waals surface area contributed by atoms with Crippen molar-refractivity contribution in [1.29, 1.82) is 0 Å². The van der Waals surface area contributed by atoms with Gasteiger partial charge in [0, 0.05) is 66.5 Å². The van der Waals surface area contributed by atoms with Gasteiger partial charge in [0.15, 0.2) is 33.3 Å². The summed E-state index contributed by atoms with van der Waals surface area (Å²) in [6, 6.07) is 0. The molecule has 0 aromatic carbocycles. The Labute approximate surface area is 585 Å². The van der Waals surface area contributed by atoms with Crippen LogP contribution < -0.4 is 0 Å². The van der Waals surface area contributed by atoms with E-state index in [2.05, 4.69) is 173 Å². The molecule has 0 aliphatic heterocycles. The van der Waals surface area contributed by atoms with Crippen LogP contribution in [-0.2, 0) is 27.3 Å². The number of unbranched alkanes of at least 4 members (excludes halogenated alkanes) is 20. The zero-order valence-electron chi connectivity index (χ0n) is 67.8. The second kappa shape index (κ2) is 46.1. The molecule has 1 N–H and O–H groups in total. The third-order valence-electron chi connectivity index (χ3n) is 22.3. The van der Waals surface area contributed by atoms with Crippen LogP contribution in [-0.4, -0.2) is 166 Å². The Balaban J connectivity index is 6.75. The van der Waals surface area contributed by atoms with Crippen LogP contribution in [0, 0.1) is 0 Å². The molecule has 0 fully saturated rings. The number of carbonyl (C=O) groups excluding carboxylic acids is 2. The molecule has 556 valence electrons. The Kier molecular flexibility index (Phi) is 45.9. The van der Waals surface area contributed by atoms with Crippen LogP contribution in [0.25, 0.3) is 0 Å². The molecule has 0 saturated carbocycles. The van der Waals surface area contributed by atoms with Gasteiger partial charge in [-0.25, -0.2) is 0 Å². The molecule has 0 spiro atoms. The van der Waals surface area contributed by atoms with E-state index in [9.17, 15) is 14.7 Å². The molecular weight excluding hydrogens is 1220 g/mol. The van der Waals surface area contributed by atoms with Crippen LogP contribution >= 0.6 is 0 Å². The average molecular weight is 1380 g/mol. The van der Waals surface area contributed by atoms with Crippen LogP contribution in [0.5, 0.6) is 0 Å². The van der Waals surface area contributed by atoms with Gasteiger partial charge < -0.3 is 32.6 Å². The van der Waals surface area contributed by atoms with Gasteiger partial charge in [0.1, 0.15) is 0 Å². The van der Waals surface area contributed by atoms with Gasteiger partial charge in [-0.05, 0) is 118 Å². The van der Waals surface area contributed by atoms with Gasteiger partial charge >= 0.3 is 0 Å². The molecule has 0 rings (SSSR count). The summed E-state index contributed by atoms with van der Waals surface area (Å²) in [5.41, 5.74) is -1.49. The molecule has 93 heavy (non-hydrogen) atoms. The van der Waals surface area contributed by atoms with Crippen molar-refractivity contribution in [1.82, 2.24) is 19.6 Å². The van der Waals surface area contributed by atoms with Crippen molar-refractivity contribution in [2.75, 3.05) is 66.5 Å². The summed E-state index contributed by atoms with van der Waals surface area (Å²) in [6.07, 6.45) is 36.3. The van der Waals surface area contributed by atoms with Crippen molar-refractivity contribution < 1.29 is 32.4 Å². The standard InChI is InChI=1S/C78H166N4O7Si4/c1-28-32-36-40-44-48-54-68(86-90(20,21)74(5,6)7)64-81(65-69(55-49-45-41-37-33-29-2)87-91(22,23)75(8,9)10)60-52-58-79(18)72(83)62-78(17,85)63-73(84)80(19)59-53-61-82(66-70(56-50-46-42-38-34-30-3)88-92(24,25)76(11,12)13)67-71(57-51-47-43-39-35-31-4)89-93(26,27)77(14,15)16/h68-71,85H,28-67H2,1-27H3. The summed E-state index contributed by atoms with van der Waals surface area (Å²) < 4.78 is 29.6. The van der Waals surface area contributed by atoms with Gasteiger partial charge in [0.25, 0.3) is 0 Å². The lowest BCUT2D eigenvalue weighted by atomic mass is 9.96. The van der Waals surface area contributed by atoms with Crippen LogP contribution in [0.3, 0.4) is 0 Å². The highest BCUT2D eigenvalue weighted by atomic mass is 28.4. The van der Waals surface area contributed by atoms with Crippen molar-refractivity contribution in [3.63, 3.8) is 0 Å². The third-order valence-corrected chi connectivity index (χ3v) is 40.4. The molecular formula is C78H166N4O7Si4. The van der Waals surface area contributed by atoms with Gasteiger partial charge in [-0.3, -0.25) is 19.4 Å². The minimum absolute atomic E-state index is 0.101. The van der Waals surface area contributed by atoms with E-state index in [1.54, 1.807) is 16.7 Å². The van der Waals surface area contributed by atoms with E-state index in [0.717, 1.165) is 77.8 Å². The Hall–Kier alpha value is -0.472. The molecule has 0 aliphatic carbocycles. The number of hydrogen-bond acceptors (Lipinski definition) is 9. The molecule has 2 amide bonds. The number of amides is 2. The zero-order valence-corrected chi connectivity index (χ0v) is 71.8. The van der Waals surface area contributed by atoms with E-state index in [1.165, 1.54) is 154 Å². The first kappa shape index (κ1) is 92.5. The molecule has 0 aliphatic rings. The molecule has 15 heteroatoms. The van der Waals surface area contributed by atoms with Gasteiger partial charge in [-0.1, -0.05) is 265 Å². The highest BCUT2D eigenvalue weighted by Crippen LogP contribution is 2.42. The minimum atomic E-state index is -2.09. The third kappa shape index (κ3) is 41.1. The van der Waals surface area contributed by atoms with Gasteiger partial charge in [0.2, 0.25) is 11.8 Å². The summed E-state index contributed by atoms with van der Waals surface area (Å²) in [5, 5.41) is 12.4. The molecule has 0 saturated heterocycles. The van der Waals surface area contributed by atoms with E-state index < -0.39 is 38.9 Å². The van der Waals surface area contributed by atoms with Crippen molar-refractivity contribution >= 4 is 45.1 Å². The highest BCUT2D eigenvalue weighted by molar-refractivity contribution is 6.75. The fourth-order valence-corrected chi connectivity index (χ4v) is 17.2. The summed E-state index contributed by atoms with van der Waals surface area (Å²) in [7, 11) is -4.60. The largest absolute Gasteiger partial charge is 0.413 e. The molecule has 0 bridgehead atoms. The lowest BCUT2D eigenvalue weighted by molar-refractivity contribution is -0.140. The molecule has 0 aromatic heterocycles. The Morgan fingerprint density at radius 3 is 0.710 bits per heavy atom. The second-order valence-corrected chi connectivity index (χ2v) is 55.0. The summed E-state index contributed by atoms with van der Waals surface area (Å²) in [4.78, 5) is 37.3. The fraction of sp³-hybridized carbons (Fsp3) is 0.974. The van der Waals surface area contributed by atoms with Gasteiger partial charge in [0.05, 0.1) is 42.9 Å². The predicted octanol–water partition coefficient (Wildman–Crippen LogP) is 22.4. The maximum absolute atomic E-state index is 14.2. The topological polar surface area (TPSA) is 104 Å². The first-order valence-corrected chi connectivity index (χ1v) is 50.9. The van der Waals surface area contributed by atoms with Crippen LogP contribution in [0.15, 0.2) is 0 Å². The molecule has 11 nitrogen and oxygen atoms in total. The molecule has 4 atom stereocenters. The molecule has 0 aromatic rings. The first-order valence-electron chi connectivity index (χ1n) is 39.3. The minimum Gasteiger partial charge on any atom is -0.413 e. The number of rotatable bonds is 56. The maximum Gasteiger partial charge on any atom is 0.225 e. The van der Waals surface area contributed by atoms with Crippen molar-refractivity contribution in [2.45, 2.75) is 426 Å². The highest BCUT2D eigenvalue weighted by Gasteiger charge is 2.44. The van der Waals surface area contributed by atoms with Crippen LogP contribution in [0.1, 0.15) is 323 Å². The lowest BCUT2D eigenvalue weighted by Crippen LogP contribution is -2.50. The SMILES string of the molecule is CCCCCCCCC(CN(CCCN(C)C(=O)CC(C)(O)CC(=O)N(C)CCCN(CC(CCCCCCCC)O[Si](C)(C)C(C)(C)C)CC(CCCCCCCC)O[Si](C)(C)C(C)(C)C)CC(CCCCCCCC)O[Si](C)(C)C(C)(C)C)O[Si](C)(C)C(C)(C)C. The fourth-order valence-electron chi connectivity index (χ4n) is 11.7. The van der Waals surface area contributed by atoms with Crippen LogP contribution in [0.2, 0.25) is 72.5 Å². The quantitative estimate of drug-likeness (QED) is 0.0471. The normalized spacial score (nSPS) is 15.5. The Morgan fingerprint density at radius 1 is 0.323 bits per heavy atom. The summed E-state index contributed by atoms with van der Waals surface area (Å²) >= 11 is 0. The molecule has 4 unspecified atom stereocenters. The Bertz CT molecular complexity index is 1680. The number of nitrogens with zero attached hydrogens (tertiary/aromatic N) is 4. The van der Waals surface area contributed by atoms with E-state index in [-0.39, 0.29) is 69.2 Å². The maximum atomic E-state index is 14.2. The van der Waals surface area contributed by atoms with Gasteiger partial charge in [-0.2, -0.15) is 0 Å². The smallest absolute Gasteiger partial charge is 0.225 e. The van der Waals surface area contributed by atoms with Crippen molar-refractivity contribution in [3.05, 3.63) is 0 Å². The second-order valence-electron chi connectivity index (χ2n) is 35.9. The van der Waals surface area contributed by atoms with E-state index in [4.69, 9.17) is 17.7 Å². The number of carbonyl (C=O) groups is 2. The number of aliphatic hydroxyl groups is 1. The van der Waals surface area contributed by atoms with E-state index >= 15 is 0 Å². The van der Waals surface area contributed by atoms with Crippen molar-refractivity contribution in [3.8, 4) is 0 Å². The zero-order chi connectivity index (χ0) is 71.4. The van der Waals surface area contributed by atoms with E-state index in [1.807, 2.05) is 14.1 Å². The van der Waals surface area contributed by atoms with Gasteiger partial charge in [-0.15, -0.1) is 0 Å². The summed E-state index contributed by atoms with van der Waals surface area (Å²) in [6.45, 7) is 64.5. The van der Waals surface area contributed by atoms with E-state index in [0.29, 0.717) is 13.1 Å². The predicted molar refractivity (Wildman–Crippen MR) is 417 cm³/mol. The lowest BCUT2D eigenvalue weighted by Gasteiger charge is -2.43. The van der Waals surface area contributed by atoms with Crippen LogP contribution in [0.4, 0.5) is 0 Å². The monoisotopic (exact) mass is 1380 g/mol.